The van der Waals surface area contributed by atoms with Crippen molar-refractivity contribution >= 4 is 5.65 Å². The summed E-state index contributed by atoms with van der Waals surface area (Å²) in [6.07, 6.45) is 2.28. The van der Waals surface area contributed by atoms with Gasteiger partial charge in [0, 0.05) is 17.3 Å². The molecule has 1 atom stereocenters. The lowest BCUT2D eigenvalue weighted by Gasteiger charge is -2.08. The molecule has 1 aromatic carbocycles. The van der Waals surface area contributed by atoms with Crippen molar-refractivity contribution in [1.29, 1.82) is 0 Å². The second-order valence-electron chi connectivity index (χ2n) is 5.79. The molecule has 3 aromatic rings. The van der Waals surface area contributed by atoms with Gasteiger partial charge in [-0.1, -0.05) is 12.1 Å². The summed E-state index contributed by atoms with van der Waals surface area (Å²) in [6.45, 7) is 3.00. The van der Waals surface area contributed by atoms with Crippen molar-refractivity contribution in [2.45, 2.75) is 25.8 Å². The van der Waals surface area contributed by atoms with Gasteiger partial charge in [-0.15, -0.1) is 0 Å². The molecular formula is C17H18N4O. The van der Waals surface area contributed by atoms with Gasteiger partial charge in [0.1, 0.15) is 5.75 Å². The van der Waals surface area contributed by atoms with Crippen LogP contribution < -0.4 is 5.32 Å². The minimum absolute atomic E-state index is 0.255. The SMILES string of the molecule is Cc1cc(-c2ccccc2O)n2nc(C3CCCN3)cc2n1. The average molecular weight is 294 g/mol. The maximum atomic E-state index is 10.2. The average Bonchev–Trinajstić information content (AvgIpc) is 3.15. The lowest BCUT2D eigenvalue weighted by atomic mass is 10.1. The third kappa shape index (κ3) is 2.14. The number of aromatic hydroxyl groups is 1. The highest BCUT2D eigenvalue weighted by Gasteiger charge is 2.21. The van der Waals surface area contributed by atoms with Crippen molar-refractivity contribution in [2.75, 3.05) is 6.54 Å². The van der Waals surface area contributed by atoms with Gasteiger partial charge in [0.25, 0.3) is 0 Å². The van der Waals surface area contributed by atoms with E-state index in [1.54, 1.807) is 6.07 Å². The van der Waals surface area contributed by atoms with Crippen molar-refractivity contribution in [3.63, 3.8) is 0 Å². The number of phenolic OH excluding ortho intramolecular Hbond substituents is 1. The lowest BCUT2D eigenvalue weighted by Crippen LogP contribution is -2.13. The molecule has 5 heteroatoms. The van der Waals surface area contributed by atoms with Gasteiger partial charge in [-0.25, -0.2) is 9.50 Å². The minimum atomic E-state index is 0.255. The van der Waals surface area contributed by atoms with E-state index in [2.05, 4.69) is 10.3 Å². The van der Waals surface area contributed by atoms with Crippen LogP contribution in [0, 0.1) is 6.92 Å². The molecule has 2 aromatic heterocycles. The van der Waals surface area contributed by atoms with Gasteiger partial charge in [-0.05, 0) is 44.5 Å². The molecule has 0 radical (unpaired) electrons. The Morgan fingerprint density at radius 1 is 1.27 bits per heavy atom. The van der Waals surface area contributed by atoms with Crippen LogP contribution in [0.1, 0.15) is 30.3 Å². The Balaban J connectivity index is 1.92. The molecule has 22 heavy (non-hydrogen) atoms. The first-order valence-electron chi connectivity index (χ1n) is 7.61. The summed E-state index contributed by atoms with van der Waals surface area (Å²) < 4.78 is 1.83. The second-order valence-corrected chi connectivity index (χ2v) is 5.79. The van der Waals surface area contributed by atoms with E-state index in [9.17, 15) is 5.11 Å². The van der Waals surface area contributed by atoms with E-state index >= 15 is 0 Å². The molecule has 0 aliphatic carbocycles. The zero-order chi connectivity index (χ0) is 15.1. The number of nitrogens with zero attached hydrogens (tertiary/aromatic N) is 3. The first-order valence-corrected chi connectivity index (χ1v) is 7.61. The van der Waals surface area contributed by atoms with Crippen LogP contribution in [0.25, 0.3) is 16.9 Å². The van der Waals surface area contributed by atoms with E-state index in [-0.39, 0.29) is 5.75 Å². The number of aromatic nitrogens is 3. The van der Waals surface area contributed by atoms with Gasteiger partial charge in [0.2, 0.25) is 0 Å². The summed E-state index contributed by atoms with van der Waals surface area (Å²) in [7, 11) is 0. The van der Waals surface area contributed by atoms with E-state index in [4.69, 9.17) is 5.10 Å². The zero-order valence-corrected chi connectivity index (χ0v) is 12.5. The van der Waals surface area contributed by atoms with Gasteiger partial charge >= 0.3 is 0 Å². The molecule has 2 N–H and O–H groups in total. The smallest absolute Gasteiger partial charge is 0.156 e. The topological polar surface area (TPSA) is 62.5 Å². The Kier molecular flexibility index (Phi) is 3.08. The molecular weight excluding hydrogens is 276 g/mol. The minimum Gasteiger partial charge on any atom is -0.507 e. The van der Waals surface area contributed by atoms with Gasteiger partial charge in [0.15, 0.2) is 5.65 Å². The van der Waals surface area contributed by atoms with Gasteiger partial charge < -0.3 is 10.4 Å². The van der Waals surface area contributed by atoms with E-state index in [0.717, 1.165) is 41.3 Å². The number of hydrogen-bond acceptors (Lipinski definition) is 4. The largest absolute Gasteiger partial charge is 0.507 e. The molecule has 3 heterocycles. The normalized spacial score (nSPS) is 18.1. The Bertz CT molecular complexity index is 834. The molecule has 1 unspecified atom stereocenters. The molecule has 112 valence electrons. The summed E-state index contributed by atoms with van der Waals surface area (Å²) in [5.41, 5.74) is 4.39. The summed E-state index contributed by atoms with van der Waals surface area (Å²) in [6, 6.07) is 11.6. The third-order valence-electron chi connectivity index (χ3n) is 4.17. The number of rotatable bonds is 2. The van der Waals surface area contributed by atoms with Crippen molar-refractivity contribution < 1.29 is 5.11 Å². The highest BCUT2D eigenvalue weighted by molar-refractivity contribution is 5.69. The van der Waals surface area contributed by atoms with Crippen LogP contribution >= 0.6 is 0 Å². The fourth-order valence-electron chi connectivity index (χ4n) is 3.11. The number of benzene rings is 1. The summed E-state index contributed by atoms with van der Waals surface area (Å²) in [4.78, 5) is 4.57. The predicted molar refractivity (Wildman–Crippen MR) is 84.8 cm³/mol. The van der Waals surface area contributed by atoms with E-state index in [1.165, 1.54) is 6.42 Å². The quantitative estimate of drug-likeness (QED) is 0.763. The Morgan fingerprint density at radius 2 is 2.14 bits per heavy atom. The number of aryl methyl sites for hydroxylation is 1. The first-order chi connectivity index (χ1) is 10.7. The fourth-order valence-corrected chi connectivity index (χ4v) is 3.11. The Hall–Kier alpha value is -2.40. The number of fused-ring (bicyclic) bond motifs is 1. The van der Waals surface area contributed by atoms with E-state index in [1.807, 2.05) is 41.8 Å². The van der Waals surface area contributed by atoms with Crippen LogP contribution in [0.15, 0.2) is 36.4 Å². The molecule has 1 aliphatic heterocycles. The van der Waals surface area contributed by atoms with Crippen LogP contribution in [-0.4, -0.2) is 26.2 Å². The zero-order valence-electron chi connectivity index (χ0n) is 12.5. The number of phenols is 1. The van der Waals surface area contributed by atoms with Gasteiger partial charge in [-0.2, -0.15) is 5.10 Å². The molecule has 1 saturated heterocycles. The van der Waals surface area contributed by atoms with Crippen LogP contribution in [0.5, 0.6) is 5.75 Å². The molecule has 1 aliphatic rings. The van der Waals surface area contributed by atoms with Crippen LogP contribution in [0.4, 0.5) is 0 Å². The van der Waals surface area contributed by atoms with Gasteiger partial charge in [-0.3, -0.25) is 0 Å². The van der Waals surface area contributed by atoms with Crippen molar-refractivity contribution in [2.24, 2.45) is 0 Å². The van der Waals surface area contributed by atoms with Crippen LogP contribution in [0.3, 0.4) is 0 Å². The second kappa shape index (κ2) is 5.10. The monoisotopic (exact) mass is 294 g/mol. The number of hydrogen-bond donors (Lipinski definition) is 2. The van der Waals surface area contributed by atoms with Crippen molar-refractivity contribution in [1.82, 2.24) is 19.9 Å². The molecule has 4 rings (SSSR count). The molecule has 0 spiro atoms. The first kappa shape index (κ1) is 13.3. The van der Waals surface area contributed by atoms with Crippen molar-refractivity contribution in [3.05, 3.63) is 47.8 Å². The summed E-state index contributed by atoms with van der Waals surface area (Å²) >= 11 is 0. The standard InChI is InChI=1S/C17H18N4O/c1-11-9-15(12-5-2-3-7-16(12)22)21-17(19-11)10-14(20-21)13-6-4-8-18-13/h2-3,5,7,9-10,13,18,22H,4,6,8H2,1H3. The highest BCUT2D eigenvalue weighted by Crippen LogP contribution is 2.30. The molecule has 0 saturated carbocycles. The number of para-hydroxylation sites is 1. The van der Waals surface area contributed by atoms with Crippen molar-refractivity contribution in [3.8, 4) is 17.0 Å². The Labute approximate surface area is 128 Å². The summed E-state index contributed by atoms with van der Waals surface area (Å²) in [5.74, 6) is 0.255. The molecule has 5 nitrogen and oxygen atoms in total. The predicted octanol–water partition coefficient (Wildman–Crippen LogP) is 2.83. The van der Waals surface area contributed by atoms with Crippen LogP contribution in [0.2, 0.25) is 0 Å². The molecule has 0 bridgehead atoms. The summed E-state index contributed by atoms with van der Waals surface area (Å²) in [5, 5.41) is 18.4. The van der Waals surface area contributed by atoms with E-state index in [0.29, 0.717) is 6.04 Å². The molecule has 1 fully saturated rings. The fraction of sp³-hybridized carbons (Fsp3) is 0.294. The number of nitrogens with one attached hydrogen (secondary N) is 1. The lowest BCUT2D eigenvalue weighted by molar-refractivity contribution is 0.477. The maximum Gasteiger partial charge on any atom is 0.156 e. The highest BCUT2D eigenvalue weighted by atomic mass is 16.3. The van der Waals surface area contributed by atoms with Crippen LogP contribution in [-0.2, 0) is 0 Å². The van der Waals surface area contributed by atoms with Gasteiger partial charge in [0.05, 0.1) is 17.4 Å². The van der Waals surface area contributed by atoms with E-state index < -0.39 is 0 Å². The Morgan fingerprint density at radius 3 is 2.91 bits per heavy atom. The maximum absolute atomic E-state index is 10.2. The third-order valence-corrected chi connectivity index (χ3v) is 4.17. The molecule has 0 amide bonds.